The monoisotopic (exact) mass is 258 g/mol. The van der Waals surface area contributed by atoms with Crippen molar-refractivity contribution in [3.8, 4) is 28.4 Å². The molecule has 3 N–H and O–H groups in total. The van der Waals surface area contributed by atoms with Crippen molar-refractivity contribution in [3.63, 3.8) is 0 Å². The second kappa shape index (κ2) is 5.22. The Labute approximate surface area is 112 Å². The summed E-state index contributed by atoms with van der Waals surface area (Å²) in [7, 11) is 0. The van der Waals surface area contributed by atoms with Crippen molar-refractivity contribution in [2.24, 2.45) is 0 Å². The molecule has 0 aliphatic heterocycles. The summed E-state index contributed by atoms with van der Waals surface area (Å²) in [6.07, 6.45) is 1.58. The van der Waals surface area contributed by atoms with E-state index in [-0.39, 0.29) is 17.2 Å². The van der Waals surface area contributed by atoms with Gasteiger partial charge in [0.1, 0.15) is 5.75 Å². The first kappa shape index (κ1) is 13.3. The molecule has 0 fully saturated rings. The highest BCUT2D eigenvalue weighted by Gasteiger charge is 2.16. The first-order valence-corrected chi connectivity index (χ1v) is 6.44. The first-order valence-electron chi connectivity index (χ1n) is 6.44. The van der Waals surface area contributed by atoms with Gasteiger partial charge in [0.15, 0.2) is 11.5 Å². The minimum Gasteiger partial charge on any atom is -0.507 e. The number of phenolic OH excluding ortho intramolecular Hbond substituents is 3. The fraction of sp³-hybridized carbons (Fsp3) is 0.250. The third-order valence-corrected chi connectivity index (χ3v) is 3.33. The van der Waals surface area contributed by atoms with Gasteiger partial charge in [0.05, 0.1) is 0 Å². The van der Waals surface area contributed by atoms with Crippen LogP contribution in [0.25, 0.3) is 11.1 Å². The molecule has 100 valence electrons. The van der Waals surface area contributed by atoms with Crippen molar-refractivity contribution in [3.05, 3.63) is 41.5 Å². The number of hydrogen-bond donors (Lipinski definition) is 3. The van der Waals surface area contributed by atoms with Crippen LogP contribution >= 0.6 is 0 Å². The van der Waals surface area contributed by atoms with Crippen LogP contribution in [0.4, 0.5) is 0 Å². The lowest BCUT2D eigenvalue weighted by Gasteiger charge is -2.14. The molecular formula is C16H18O3. The molecule has 0 saturated heterocycles. The maximum Gasteiger partial charge on any atom is 0.165 e. The Bertz CT molecular complexity index is 603. The van der Waals surface area contributed by atoms with E-state index in [0.29, 0.717) is 11.1 Å². The largest absolute Gasteiger partial charge is 0.507 e. The second-order valence-corrected chi connectivity index (χ2v) is 4.53. The van der Waals surface area contributed by atoms with Gasteiger partial charge >= 0.3 is 0 Å². The lowest BCUT2D eigenvalue weighted by atomic mass is 9.93. The topological polar surface area (TPSA) is 60.7 Å². The highest BCUT2D eigenvalue weighted by atomic mass is 16.3. The molecule has 2 aromatic rings. The van der Waals surface area contributed by atoms with Crippen molar-refractivity contribution in [2.75, 3.05) is 0 Å². The maximum absolute atomic E-state index is 10.2. The summed E-state index contributed by atoms with van der Waals surface area (Å²) in [6, 6.07) is 8.49. The van der Waals surface area contributed by atoms with Crippen molar-refractivity contribution in [1.82, 2.24) is 0 Å². The zero-order valence-corrected chi connectivity index (χ0v) is 11.1. The van der Waals surface area contributed by atoms with Gasteiger partial charge in [-0.2, -0.15) is 0 Å². The van der Waals surface area contributed by atoms with E-state index >= 15 is 0 Å². The first-order chi connectivity index (χ1) is 9.08. The molecule has 0 aromatic heterocycles. The average molecular weight is 258 g/mol. The van der Waals surface area contributed by atoms with Gasteiger partial charge in [-0.05, 0) is 36.1 Å². The van der Waals surface area contributed by atoms with Crippen LogP contribution in [0, 0.1) is 0 Å². The number of benzene rings is 2. The lowest BCUT2D eigenvalue weighted by Crippen LogP contribution is -1.93. The van der Waals surface area contributed by atoms with Crippen molar-refractivity contribution < 1.29 is 15.3 Å². The number of hydrogen-bond acceptors (Lipinski definition) is 3. The molecule has 2 rings (SSSR count). The lowest BCUT2D eigenvalue weighted by molar-refractivity contribution is 0.404. The van der Waals surface area contributed by atoms with E-state index in [1.54, 1.807) is 18.2 Å². The van der Waals surface area contributed by atoms with Crippen LogP contribution in [0.1, 0.15) is 25.0 Å². The normalized spacial score (nSPS) is 10.6. The molecular weight excluding hydrogens is 240 g/mol. The Hall–Kier alpha value is -2.16. The van der Waals surface area contributed by atoms with Gasteiger partial charge in [-0.25, -0.2) is 0 Å². The molecule has 0 atom stereocenters. The predicted molar refractivity (Wildman–Crippen MR) is 75.6 cm³/mol. The summed E-state index contributed by atoms with van der Waals surface area (Å²) < 4.78 is 0. The van der Waals surface area contributed by atoms with Crippen LogP contribution in [0.2, 0.25) is 0 Å². The summed E-state index contributed by atoms with van der Waals surface area (Å²) >= 11 is 0. The molecule has 0 radical (unpaired) electrons. The summed E-state index contributed by atoms with van der Waals surface area (Å²) in [5.74, 6) is -0.243. The molecule has 0 unspecified atom stereocenters. The summed E-state index contributed by atoms with van der Waals surface area (Å²) in [4.78, 5) is 0. The van der Waals surface area contributed by atoms with Gasteiger partial charge in [0.2, 0.25) is 0 Å². The molecule has 0 heterocycles. The molecule has 0 saturated carbocycles. The van der Waals surface area contributed by atoms with Crippen LogP contribution < -0.4 is 0 Å². The number of aromatic hydroxyl groups is 3. The van der Waals surface area contributed by atoms with Crippen molar-refractivity contribution in [2.45, 2.75) is 26.7 Å². The fourth-order valence-electron chi connectivity index (χ4n) is 2.28. The van der Waals surface area contributed by atoms with Crippen molar-refractivity contribution >= 4 is 0 Å². The van der Waals surface area contributed by atoms with E-state index in [4.69, 9.17) is 0 Å². The number of aryl methyl sites for hydroxylation is 2. The Morgan fingerprint density at radius 3 is 2.26 bits per heavy atom. The highest BCUT2D eigenvalue weighted by Crippen LogP contribution is 2.42. The Balaban J connectivity index is 2.71. The molecule has 0 aliphatic carbocycles. The molecule has 19 heavy (non-hydrogen) atoms. The van der Waals surface area contributed by atoms with E-state index in [9.17, 15) is 15.3 Å². The Kier molecular flexibility index (Phi) is 3.65. The second-order valence-electron chi connectivity index (χ2n) is 4.53. The molecule has 2 aromatic carbocycles. The highest BCUT2D eigenvalue weighted by molar-refractivity contribution is 5.80. The van der Waals surface area contributed by atoms with E-state index in [0.717, 1.165) is 24.0 Å². The van der Waals surface area contributed by atoms with Crippen LogP contribution in [-0.4, -0.2) is 15.3 Å². The number of rotatable bonds is 3. The van der Waals surface area contributed by atoms with Crippen molar-refractivity contribution in [1.29, 1.82) is 0 Å². The molecule has 3 heteroatoms. The van der Waals surface area contributed by atoms with Gasteiger partial charge < -0.3 is 15.3 Å². The SMILES string of the molecule is CCc1cc(O)c(-c2cccc(O)c2O)c(CC)c1. The van der Waals surface area contributed by atoms with E-state index in [2.05, 4.69) is 0 Å². The average Bonchev–Trinajstić information content (AvgIpc) is 2.41. The van der Waals surface area contributed by atoms with E-state index in [1.165, 1.54) is 6.07 Å². The Morgan fingerprint density at radius 1 is 0.895 bits per heavy atom. The third-order valence-electron chi connectivity index (χ3n) is 3.33. The molecule has 0 amide bonds. The van der Waals surface area contributed by atoms with Crippen LogP contribution in [0.5, 0.6) is 17.2 Å². The fourth-order valence-corrected chi connectivity index (χ4v) is 2.28. The predicted octanol–water partition coefficient (Wildman–Crippen LogP) is 3.60. The van der Waals surface area contributed by atoms with Crippen LogP contribution in [0.15, 0.2) is 30.3 Å². The zero-order valence-electron chi connectivity index (χ0n) is 11.1. The van der Waals surface area contributed by atoms with E-state index in [1.807, 2.05) is 19.9 Å². The van der Waals surface area contributed by atoms with Gasteiger partial charge in [-0.3, -0.25) is 0 Å². The minimum atomic E-state index is -0.197. The standard InChI is InChI=1S/C16H18O3/c1-3-10-8-11(4-2)15(14(18)9-10)12-6-5-7-13(17)16(12)19/h5-9,17-19H,3-4H2,1-2H3. The molecule has 0 spiro atoms. The van der Waals surface area contributed by atoms with Gasteiger partial charge in [0.25, 0.3) is 0 Å². The third kappa shape index (κ3) is 2.36. The maximum atomic E-state index is 10.2. The number of para-hydroxylation sites is 1. The van der Waals surface area contributed by atoms with Gasteiger partial charge in [-0.1, -0.05) is 32.0 Å². The summed E-state index contributed by atoms with van der Waals surface area (Å²) in [5.41, 5.74) is 3.06. The number of phenols is 3. The summed E-state index contributed by atoms with van der Waals surface area (Å²) in [6.45, 7) is 4.03. The van der Waals surface area contributed by atoms with Crippen LogP contribution in [0.3, 0.4) is 0 Å². The van der Waals surface area contributed by atoms with Gasteiger partial charge in [0, 0.05) is 11.1 Å². The minimum absolute atomic E-state index is 0.136. The van der Waals surface area contributed by atoms with Gasteiger partial charge in [-0.15, -0.1) is 0 Å². The Morgan fingerprint density at radius 2 is 1.63 bits per heavy atom. The summed E-state index contributed by atoms with van der Waals surface area (Å²) in [5, 5.41) is 29.8. The molecule has 0 bridgehead atoms. The zero-order chi connectivity index (χ0) is 14.0. The molecule has 0 aliphatic rings. The smallest absolute Gasteiger partial charge is 0.165 e. The van der Waals surface area contributed by atoms with Crippen LogP contribution in [-0.2, 0) is 12.8 Å². The van der Waals surface area contributed by atoms with E-state index < -0.39 is 0 Å². The molecule has 3 nitrogen and oxygen atoms in total. The quantitative estimate of drug-likeness (QED) is 0.737.